The zero-order chi connectivity index (χ0) is 18.7. The molecular weight excluding hydrogens is 324 g/mol. The molecule has 0 aliphatic carbocycles. The number of benzene rings is 2. The number of aryl methyl sites for hydroxylation is 1. The molecule has 3 aromatic rings. The highest BCUT2D eigenvalue weighted by Gasteiger charge is 2.17. The van der Waals surface area contributed by atoms with Gasteiger partial charge in [0, 0.05) is 38.6 Å². The SMILES string of the molecule is Cc1cccc(N(C)C(=O)Cn2cc(-c3ccccc3)c(N(C)C)n2)c1. The van der Waals surface area contributed by atoms with Crippen LogP contribution in [0.15, 0.2) is 60.8 Å². The van der Waals surface area contributed by atoms with Gasteiger partial charge >= 0.3 is 0 Å². The van der Waals surface area contributed by atoms with Crippen LogP contribution in [-0.4, -0.2) is 36.8 Å². The summed E-state index contributed by atoms with van der Waals surface area (Å²) in [4.78, 5) is 16.3. The second kappa shape index (κ2) is 7.44. The number of nitrogens with zero attached hydrogens (tertiary/aromatic N) is 4. The summed E-state index contributed by atoms with van der Waals surface area (Å²) in [6.07, 6.45) is 1.94. The van der Waals surface area contributed by atoms with Crippen molar-refractivity contribution in [3.8, 4) is 11.1 Å². The van der Waals surface area contributed by atoms with Crippen molar-refractivity contribution in [1.82, 2.24) is 9.78 Å². The van der Waals surface area contributed by atoms with Gasteiger partial charge < -0.3 is 9.80 Å². The predicted octanol–water partition coefficient (Wildman–Crippen LogP) is 3.59. The molecule has 134 valence electrons. The van der Waals surface area contributed by atoms with E-state index in [9.17, 15) is 4.79 Å². The van der Waals surface area contributed by atoms with Gasteiger partial charge in [0.2, 0.25) is 5.91 Å². The van der Waals surface area contributed by atoms with Crippen molar-refractivity contribution in [3.63, 3.8) is 0 Å². The Morgan fingerprint density at radius 1 is 1.04 bits per heavy atom. The number of aromatic nitrogens is 2. The van der Waals surface area contributed by atoms with Gasteiger partial charge in [0.05, 0.1) is 0 Å². The topological polar surface area (TPSA) is 41.4 Å². The van der Waals surface area contributed by atoms with Crippen molar-refractivity contribution in [1.29, 1.82) is 0 Å². The maximum absolute atomic E-state index is 12.7. The lowest BCUT2D eigenvalue weighted by atomic mass is 10.1. The summed E-state index contributed by atoms with van der Waals surface area (Å²) >= 11 is 0. The molecule has 5 heteroatoms. The van der Waals surface area contributed by atoms with Crippen molar-refractivity contribution in [2.24, 2.45) is 0 Å². The quantitative estimate of drug-likeness (QED) is 0.708. The fraction of sp³-hybridized carbons (Fsp3) is 0.238. The molecule has 0 saturated heterocycles. The lowest BCUT2D eigenvalue weighted by molar-refractivity contribution is -0.119. The summed E-state index contributed by atoms with van der Waals surface area (Å²) < 4.78 is 1.71. The number of rotatable bonds is 5. The number of likely N-dealkylation sites (N-methyl/N-ethyl adjacent to an activating group) is 1. The molecule has 0 atom stereocenters. The molecule has 0 spiro atoms. The number of anilines is 2. The average molecular weight is 348 g/mol. The normalized spacial score (nSPS) is 10.6. The maximum Gasteiger partial charge on any atom is 0.248 e. The smallest absolute Gasteiger partial charge is 0.248 e. The Bertz CT molecular complexity index is 899. The van der Waals surface area contributed by atoms with Crippen molar-refractivity contribution in [2.45, 2.75) is 13.5 Å². The number of hydrogen-bond acceptors (Lipinski definition) is 3. The minimum absolute atomic E-state index is 0.0111. The fourth-order valence-electron chi connectivity index (χ4n) is 2.87. The van der Waals surface area contributed by atoms with E-state index < -0.39 is 0 Å². The van der Waals surface area contributed by atoms with Crippen LogP contribution in [0.2, 0.25) is 0 Å². The minimum atomic E-state index is -0.0111. The molecule has 0 aliphatic heterocycles. The molecular formula is C21H24N4O. The Morgan fingerprint density at radius 2 is 1.77 bits per heavy atom. The van der Waals surface area contributed by atoms with Gasteiger partial charge in [0.15, 0.2) is 5.82 Å². The van der Waals surface area contributed by atoms with Crippen molar-refractivity contribution < 1.29 is 4.79 Å². The zero-order valence-electron chi connectivity index (χ0n) is 15.7. The molecule has 2 aromatic carbocycles. The highest BCUT2D eigenvalue weighted by molar-refractivity contribution is 5.92. The highest BCUT2D eigenvalue weighted by atomic mass is 16.2. The van der Waals surface area contributed by atoms with Crippen LogP contribution in [0.4, 0.5) is 11.5 Å². The Balaban J connectivity index is 1.85. The number of amides is 1. The molecule has 5 nitrogen and oxygen atoms in total. The van der Waals surface area contributed by atoms with Crippen LogP contribution in [0.3, 0.4) is 0 Å². The van der Waals surface area contributed by atoms with E-state index in [4.69, 9.17) is 0 Å². The van der Waals surface area contributed by atoms with Crippen LogP contribution >= 0.6 is 0 Å². The summed E-state index contributed by atoms with van der Waals surface area (Å²) in [5, 5.41) is 4.61. The molecule has 0 bridgehead atoms. The largest absolute Gasteiger partial charge is 0.361 e. The van der Waals surface area contributed by atoms with E-state index in [0.29, 0.717) is 0 Å². The molecule has 1 heterocycles. The van der Waals surface area contributed by atoms with Gasteiger partial charge in [-0.1, -0.05) is 42.5 Å². The van der Waals surface area contributed by atoms with Gasteiger partial charge in [-0.3, -0.25) is 9.48 Å². The molecule has 3 rings (SSSR count). The second-order valence-corrected chi connectivity index (χ2v) is 6.62. The van der Waals surface area contributed by atoms with Crippen LogP contribution in [-0.2, 0) is 11.3 Å². The van der Waals surface area contributed by atoms with Crippen LogP contribution in [0, 0.1) is 6.92 Å². The molecule has 0 radical (unpaired) electrons. The Hall–Kier alpha value is -3.08. The number of hydrogen-bond donors (Lipinski definition) is 0. The summed E-state index contributed by atoms with van der Waals surface area (Å²) in [6, 6.07) is 18.0. The lowest BCUT2D eigenvalue weighted by Crippen LogP contribution is -2.30. The van der Waals surface area contributed by atoms with E-state index >= 15 is 0 Å². The number of carbonyl (C=O) groups excluding carboxylic acids is 1. The summed E-state index contributed by atoms with van der Waals surface area (Å²) in [5.41, 5.74) is 4.12. The van der Waals surface area contributed by atoms with E-state index in [1.165, 1.54) is 0 Å². The standard InChI is InChI=1S/C21H24N4O/c1-16-9-8-12-18(13-16)24(4)20(26)15-25-14-19(21(22-25)23(2)3)17-10-6-5-7-11-17/h5-14H,15H2,1-4H3. The molecule has 1 aromatic heterocycles. The van der Waals surface area contributed by atoms with Gasteiger partial charge in [-0.05, 0) is 30.2 Å². The zero-order valence-corrected chi connectivity index (χ0v) is 15.7. The third-order valence-electron chi connectivity index (χ3n) is 4.31. The van der Waals surface area contributed by atoms with Gasteiger partial charge in [0.1, 0.15) is 6.54 Å². The van der Waals surface area contributed by atoms with E-state index in [1.807, 2.05) is 74.6 Å². The predicted molar refractivity (Wildman–Crippen MR) is 107 cm³/mol. The molecule has 0 aliphatic rings. The molecule has 0 N–H and O–H groups in total. The second-order valence-electron chi connectivity index (χ2n) is 6.62. The number of carbonyl (C=O) groups is 1. The lowest BCUT2D eigenvalue weighted by Gasteiger charge is -2.17. The van der Waals surface area contributed by atoms with Gasteiger partial charge in [-0.15, -0.1) is 0 Å². The molecule has 1 amide bonds. The first-order chi connectivity index (χ1) is 12.5. The highest BCUT2D eigenvalue weighted by Crippen LogP contribution is 2.28. The summed E-state index contributed by atoms with van der Waals surface area (Å²) in [7, 11) is 5.71. The Kier molecular flexibility index (Phi) is 5.07. The minimum Gasteiger partial charge on any atom is -0.361 e. The van der Waals surface area contributed by atoms with Crippen LogP contribution in [0.25, 0.3) is 11.1 Å². The monoisotopic (exact) mass is 348 g/mol. The molecule has 0 unspecified atom stereocenters. The molecule has 0 saturated carbocycles. The van der Waals surface area contributed by atoms with E-state index in [0.717, 1.165) is 28.2 Å². The first kappa shape index (κ1) is 17.7. The van der Waals surface area contributed by atoms with E-state index in [1.54, 1.807) is 16.6 Å². The van der Waals surface area contributed by atoms with E-state index in [-0.39, 0.29) is 12.5 Å². The average Bonchev–Trinajstić information content (AvgIpc) is 3.06. The van der Waals surface area contributed by atoms with Gasteiger partial charge in [0.25, 0.3) is 0 Å². The summed E-state index contributed by atoms with van der Waals surface area (Å²) in [5.74, 6) is 0.838. The first-order valence-corrected chi connectivity index (χ1v) is 8.59. The van der Waals surface area contributed by atoms with Crippen molar-refractivity contribution in [3.05, 3.63) is 66.4 Å². The van der Waals surface area contributed by atoms with Crippen LogP contribution in [0.5, 0.6) is 0 Å². The van der Waals surface area contributed by atoms with Crippen molar-refractivity contribution in [2.75, 3.05) is 30.9 Å². The first-order valence-electron chi connectivity index (χ1n) is 8.59. The van der Waals surface area contributed by atoms with Crippen LogP contribution in [0.1, 0.15) is 5.56 Å². The molecule has 26 heavy (non-hydrogen) atoms. The third-order valence-corrected chi connectivity index (χ3v) is 4.31. The van der Waals surface area contributed by atoms with E-state index in [2.05, 4.69) is 17.2 Å². The van der Waals surface area contributed by atoms with Gasteiger partial charge in [-0.2, -0.15) is 5.10 Å². The van der Waals surface area contributed by atoms with Gasteiger partial charge in [-0.25, -0.2) is 0 Å². The van der Waals surface area contributed by atoms with Crippen LogP contribution < -0.4 is 9.80 Å². The van der Waals surface area contributed by atoms with Crippen molar-refractivity contribution >= 4 is 17.4 Å². The molecule has 0 fully saturated rings. The fourth-order valence-corrected chi connectivity index (χ4v) is 2.87. The Morgan fingerprint density at radius 3 is 2.42 bits per heavy atom. The third kappa shape index (κ3) is 3.77. The Labute approximate surface area is 154 Å². The maximum atomic E-state index is 12.7. The summed E-state index contributed by atoms with van der Waals surface area (Å²) in [6.45, 7) is 2.21.